The molecule has 0 spiro atoms. The minimum Gasteiger partial charge on any atom is -0.325 e. The summed E-state index contributed by atoms with van der Waals surface area (Å²) in [7, 11) is 0. The van der Waals surface area contributed by atoms with E-state index in [2.05, 4.69) is 10.3 Å². The van der Waals surface area contributed by atoms with Gasteiger partial charge in [-0.3, -0.25) is 9.36 Å². The van der Waals surface area contributed by atoms with E-state index in [0.717, 1.165) is 0 Å². The molecule has 1 heterocycles. The van der Waals surface area contributed by atoms with Gasteiger partial charge in [0.15, 0.2) is 0 Å². The Morgan fingerprint density at radius 3 is 2.74 bits per heavy atom. The van der Waals surface area contributed by atoms with Crippen LogP contribution in [0.15, 0.2) is 35.3 Å². The molecule has 0 aliphatic rings. The number of aromatic nitrogens is 2. The van der Waals surface area contributed by atoms with Gasteiger partial charge in [-0.15, -0.1) is 11.8 Å². The zero-order valence-electron chi connectivity index (χ0n) is 12.1. The minimum atomic E-state index is -4.29. The van der Waals surface area contributed by atoms with Crippen LogP contribution in [0.2, 0.25) is 0 Å². The molecule has 0 atom stereocenters. The van der Waals surface area contributed by atoms with Crippen molar-refractivity contribution in [2.75, 3.05) is 16.8 Å². The molecule has 0 bridgehead atoms. The summed E-state index contributed by atoms with van der Waals surface area (Å²) in [6, 6.07) is 6.51. The number of hydrogen-bond acceptors (Lipinski definition) is 3. The van der Waals surface area contributed by atoms with E-state index in [9.17, 15) is 22.8 Å². The van der Waals surface area contributed by atoms with Gasteiger partial charge in [0, 0.05) is 17.6 Å². The standard InChI is InChI=1S/C14H14F3N3O2S/c1-9-6-18-13(22)20(9)11-4-2-3-10(5-11)19-12(21)7-23-8-14(15,16)17/h2-6H,7-8H2,1H3,(H,18,22)(H,19,21). The van der Waals surface area contributed by atoms with Gasteiger partial charge in [0.05, 0.1) is 17.2 Å². The Balaban J connectivity index is 2.03. The molecule has 0 radical (unpaired) electrons. The number of amides is 1. The largest absolute Gasteiger partial charge is 0.397 e. The van der Waals surface area contributed by atoms with Crippen LogP contribution in [-0.4, -0.2) is 33.1 Å². The van der Waals surface area contributed by atoms with E-state index in [1.54, 1.807) is 37.4 Å². The number of hydrogen-bond donors (Lipinski definition) is 2. The molecule has 2 aromatic rings. The van der Waals surface area contributed by atoms with Gasteiger partial charge in [0.25, 0.3) is 0 Å². The van der Waals surface area contributed by atoms with Crippen LogP contribution in [-0.2, 0) is 4.79 Å². The van der Waals surface area contributed by atoms with Crippen molar-refractivity contribution in [2.45, 2.75) is 13.1 Å². The van der Waals surface area contributed by atoms with E-state index >= 15 is 0 Å². The molecule has 124 valence electrons. The fourth-order valence-electron chi connectivity index (χ4n) is 1.96. The van der Waals surface area contributed by atoms with Crippen LogP contribution < -0.4 is 11.0 Å². The molecular weight excluding hydrogens is 331 g/mol. The number of nitrogens with zero attached hydrogens (tertiary/aromatic N) is 1. The molecule has 5 nitrogen and oxygen atoms in total. The van der Waals surface area contributed by atoms with Crippen LogP contribution in [0, 0.1) is 6.92 Å². The Labute approximate surface area is 133 Å². The number of rotatable bonds is 5. The number of H-pyrrole nitrogens is 1. The number of aromatic amines is 1. The van der Waals surface area contributed by atoms with E-state index in [4.69, 9.17) is 0 Å². The summed E-state index contributed by atoms with van der Waals surface area (Å²) in [5, 5.41) is 2.52. The summed E-state index contributed by atoms with van der Waals surface area (Å²) < 4.78 is 37.5. The van der Waals surface area contributed by atoms with Crippen molar-refractivity contribution in [3.05, 3.63) is 46.6 Å². The number of aryl methyl sites for hydroxylation is 1. The Bertz CT molecular complexity index is 752. The molecular formula is C14H14F3N3O2S. The number of anilines is 1. The minimum absolute atomic E-state index is 0.299. The number of nitrogens with one attached hydrogen (secondary N) is 2. The van der Waals surface area contributed by atoms with Crippen molar-refractivity contribution in [2.24, 2.45) is 0 Å². The summed E-state index contributed by atoms with van der Waals surface area (Å²) in [6.45, 7) is 1.75. The molecule has 1 aromatic heterocycles. The van der Waals surface area contributed by atoms with Gasteiger partial charge in [-0.05, 0) is 25.1 Å². The van der Waals surface area contributed by atoms with Crippen molar-refractivity contribution in [3.63, 3.8) is 0 Å². The molecule has 2 N–H and O–H groups in total. The summed E-state index contributed by atoms with van der Waals surface area (Å²) in [5.74, 6) is -1.90. The Morgan fingerprint density at radius 1 is 1.39 bits per heavy atom. The number of carbonyl (C=O) groups is 1. The zero-order chi connectivity index (χ0) is 17.0. The fourth-order valence-corrected chi connectivity index (χ4v) is 2.55. The van der Waals surface area contributed by atoms with Crippen molar-refractivity contribution < 1.29 is 18.0 Å². The number of carbonyl (C=O) groups excluding carboxylic acids is 1. The van der Waals surface area contributed by atoms with Gasteiger partial charge in [-0.1, -0.05) is 6.07 Å². The predicted molar refractivity (Wildman–Crippen MR) is 83.1 cm³/mol. The van der Waals surface area contributed by atoms with Gasteiger partial charge >= 0.3 is 11.9 Å². The first-order chi connectivity index (χ1) is 10.8. The second-order valence-electron chi connectivity index (χ2n) is 4.78. The zero-order valence-corrected chi connectivity index (χ0v) is 12.9. The smallest absolute Gasteiger partial charge is 0.325 e. The number of halogens is 3. The summed E-state index contributed by atoms with van der Waals surface area (Å²) in [4.78, 5) is 25.9. The normalized spacial score (nSPS) is 11.5. The third-order valence-electron chi connectivity index (χ3n) is 2.85. The van der Waals surface area contributed by atoms with E-state index < -0.39 is 17.8 Å². The van der Waals surface area contributed by atoms with Crippen molar-refractivity contribution in [1.82, 2.24) is 9.55 Å². The highest BCUT2D eigenvalue weighted by Gasteiger charge is 2.27. The van der Waals surface area contributed by atoms with E-state index in [1.165, 1.54) is 4.57 Å². The average Bonchev–Trinajstić information content (AvgIpc) is 2.77. The molecule has 0 saturated carbocycles. The highest BCUT2D eigenvalue weighted by Crippen LogP contribution is 2.21. The van der Waals surface area contributed by atoms with Gasteiger partial charge in [-0.2, -0.15) is 13.2 Å². The highest BCUT2D eigenvalue weighted by atomic mass is 32.2. The van der Waals surface area contributed by atoms with Crippen LogP contribution in [0.25, 0.3) is 5.69 Å². The topological polar surface area (TPSA) is 66.9 Å². The molecule has 0 aliphatic heterocycles. The number of benzene rings is 1. The molecule has 23 heavy (non-hydrogen) atoms. The van der Waals surface area contributed by atoms with E-state index in [-0.39, 0.29) is 11.4 Å². The average molecular weight is 345 g/mol. The third kappa shape index (κ3) is 4.92. The molecule has 0 saturated heterocycles. The first-order valence-electron chi connectivity index (χ1n) is 6.58. The maximum absolute atomic E-state index is 12.0. The van der Waals surface area contributed by atoms with Crippen LogP contribution in [0.3, 0.4) is 0 Å². The van der Waals surface area contributed by atoms with Gasteiger partial charge in [0.1, 0.15) is 0 Å². The molecule has 1 aromatic carbocycles. The quantitative estimate of drug-likeness (QED) is 0.876. The number of thioether (sulfide) groups is 1. The van der Waals surface area contributed by atoms with Crippen LogP contribution in [0.5, 0.6) is 0 Å². The Morgan fingerprint density at radius 2 is 2.13 bits per heavy atom. The SMILES string of the molecule is Cc1c[nH]c(=O)n1-c1cccc(NC(=O)CSCC(F)(F)F)c1. The van der Waals surface area contributed by atoms with Crippen molar-refractivity contribution in [3.8, 4) is 5.69 Å². The van der Waals surface area contributed by atoms with E-state index in [1.807, 2.05) is 0 Å². The predicted octanol–water partition coefficient (Wildman–Crippen LogP) is 2.71. The molecule has 0 unspecified atom stereocenters. The molecule has 1 amide bonds. The summed E-state index contributed by atoms with van der Waals surface area (Å²) in [6.07, 6.45) is -2.74. The summed E-state index contributed by atoms with van der Waals surface area (Å²) in [5.41, 5.74) is 1.34. The second-order valence-corrected chi connectivity index (χ2v) is 5.76. The van der Waals surface area contributed by atoms with Crippen molar-refractivity contribution >= 4 is 23.4 Å². The lowest BCUT2D eigenvalue weighted by atomic mass is 10.2. The monoisotopic (exact) mass is 345 g/mol. The van der Waals surface area contributed by atoms with Gasteiger partial charge in [0.2, 0.25) is 5.91 Å². The molecule has 0 aliphatic carbocycles. The van der Waals surface area contributed by atoms with E-state index in [0.29, 0.717) is 28.8 Å². The lowest BCUT2D eigenvalue weighted by Crippen LogP contribution is -2.19. The van der Waals surface area contributed by atoms with Gasteiger partial charge in [-0.25, -0.2) is 4.79 Å². The van der Waals surface area contributed by atoms with Crippen LogP contribution in [0.4, 0.5) is 18.9 Å². The molecule has 2 rings (SSSR count). The van der Waals surface area contributed by atoms with Crippen LogP contribution >= 0.6 is 11.8 Å². The number of imidazole rings is 1. The highest BCUT2D eigenvalue weighted by molar-refractivity contribution is 8.00. The Kier molecular flexibility index (Phi) is 5.19. The summed E-state index contributed by atoms with van der Waals surface area (Å²) >= 11 is 0.497. The molecule has 0 fully saturated rings. The number of alkyl halides is 3. The first kappa shape index (κ1) is 17.2. The van der Waals surface area contributed by atoms with Gasteiger partial charge < -0.3 is 10.3 Å². The third-order valence-corrected chi connectivity index (χ3v) is 3.85. The van der Waals surface area contributed by atoms with Crippen molar-refractivity contribution in [1.29, 1.82) is 0 Å². The lowest BCUT2D eigenvalue weighted by molar-refractivity contribution is -0.113. The Hall–Kier alpha value is -2.16. The maximum Gasteiger partial charge on any atom is 0.397 e. The van der Waals surface area contributed by atoms with Crippen LogP contribution in [0.1, 0.15) is 5.69 Å². The molecule has 9 heteroatoms. The maximum atomic E-state index is 12.0. The second kappa shape index (κ2) is 6.95. The lowest BCUT2D eigenvalue weighted by Gasteiger charge is -2.09. The first-order valence-corrected chi connectivity index (χ1v) is 7.73. The fraction of sp³-hybridized carbons (Fsp3) is 0.286.